The molecule has 88 valence electrons. The van der Waals surface area contributed by atoms with E-state index in [0.717, 1.165) is 5.57 Å². The van der Waals surface area contributed by atoms with Gasteiger partial charge in [-0.1, -0.05) is 49.9 Å². The van der Waals surface area contributed by atoms with Crippen LogP contribution in [0.1, 0.15) is 33.6 Å². The van der Waals surface area contributed by atoms with Crippen LogP contribution in [0.15, 0.2) is 35.6 Å². The van der Waals surface area contributed by atoms with Gasteiger partial charge in [-0.3, -0.25) is 4.79 Å². The number of aliphatic hydroxyl groups is 1. The van der Waals surface area contributed by atoms with Crippen molar-refractivity contribution in [2.45, 2.75) is 38.4 Å². The van der Waals surface area contributed by atoms with Gasteiger partial charge in [-0.05, 0) is 19.8 Å². The standard InChI is InChI=1S/C13H18O2S/c1-5-9(4)8-13(7-3)11(14)10(6-2)12(15)16-13/h5,8,14H,1,6-7H2,2-4H3/b9-8-/t13-/m1/s1. The Kier molecular flexibility index (Phi) is 4.03. The van der Waals surface area contributed by atoms with Crippen LogP contribution in [-0.4, -0.2) is 15.0 Å². The summed E-state index contributed by atoms with van der Waals surface area (Å²) in [5.41, 5.74) is 1.53. The predicted octanol–water partition coefficient (Wildman–Crippen LogP) is 3.76. The molecule has 0 saturated heterocycles. The van der Waals surface area contributed by atoms with Crippen LogP contribution in [0.4, 0.5) is 0 Å². The van der Waals surface area contributed by atoms with Gasteiger partial charge in [0.1, 0.15) is 5.76 Å². The molecule has 0 aliphatic carbocycles. The summed E-state index contributed by atoms with van der Waals surface area (Å²) in [6.07, 6.45) is 4.95. The zero-order valence-corrected chi connectivity index (χ0v) is 10.9. The Hall–Kier alpha value is -0.960. The summed E-state index contributed by atoms with van der Waals surface area (Å²) in [4.78, 5) is 11.8. The smallest absolute Gasteiger partial charge is 0.220 e. The number of allylic oxidation sites excluding steroid dienone is 2. The van der Waals surface area contributed by atoms with Crippen molar-refractivity contribution in [3.05, 3.63) is 35.6 Å². The lowest BCUT2D eigenvalue weighted by Gasteiger charge is -2.22. The van der Waals surface area contributed by atoms with Crippen molar-refractivity contribution in [1.82, 2.24) is 0 Å². The van der Waals surface area contributed by atoms with E-state index in [1.54, 1.807) is 6.08 Å². The summed E-state index contributed by atoms with van der Waals surface area (Å²) in [6.45, 7) is 9.48. The number of carbonyl (C=O) groups is 1. The van der Waals surface area contributed by atoms with Crippen LogP contribution < -0.4 is 0 Å². The molecule has 0 amide bonds. The number of rotatable bonds is 4. The van der Waals surface area contributed by atoms with E-state index in [0.29, 0.717) is 18.4 Å². The van der Waals surface area contributed by atoms with Crippen molar-refractivity contribution in [3.63, 3.8) is 0 Å². The lowest BCUT2D eigenvalue weighted by atomic mass is 9.96. The van der Waals surface area contributed by atoms with E-state index in [9.17, 15) is 9.90 Å². The molecule has 3 heteroatoms. The van der Waals surface area contributed by atoms with Gasteiger partial charge in [0.25, 0.3) is 0 Å². The Morgan fingerprint density at radius 2 is 2.19 bits per heavy atom. The molecule has 0 radical (unpaired) electrons. The molecule has 2 nitrogen and oxygen atoms in total. The monoisotopic (exact) mass is 238 g/mol. The Morgan fingerprint density at radius 1 is 1.56 bits per heavy atom. The molecule has 0 aromatic heterocycles. The van der Waals surface area contributed by atoms with Crippen molar-refractivity contribution in [2.24, 2.45) is 0 Å². The van der Waals surface area contributed by atoms with E-state index >= 15 is 0 Å². The maximum absolute atomic E-state index is 11.8. The third-order valence-corrected chi connectivity index (χ3v) is 4.27. The first-order valence-corrected chi connectivity index (χ1v) is 6.30. The molecule has 1 atom stereocenters. The fourth-order valence-electron chi connectivity index (χ4n) is 1.81. The Balaban J connectivity index is 3.23. The van der Waals surface area contributed by atoms with Crippen molar-refractivity contribution >= 4 is 16.9 Å². The summed E-state index contributed by atoms with van der Waals surface area (Å²) in [5.74, 6) is 0.230. The lowest BCUT2D eigenvalue weighted by molar-refractivity contribution is -0.107. The normalized spacial score (nSPS) is 26.4. The molecule has 0 fully saturated rings. The molecule has 0 spiro atoms. The number of thioether (sulfide) groups is 1. The Morgan fingerprint density at radius 3 is 2.56 bits per heavy atom. The quantitative estimate of drug-likeness (QED) is 0.758. The average molecular weight is 238 g/mol. The van der Waals surface area contributed by atoms with E-state index in [1.165, 1.54) is 11.8 Å². The van der Waals surface area contributed by atoms with E-state index in [2.05, 4.69) is 6.58 Å². The predicted molar refractivity (Wildman–Crippen MR) is 69.5 cm³/mol. The third-order valence-electron chi connectivity index (χ3n) is 2.87. The summed E-state index contributed by atoms with van der Waals surface area (Å²) in [6, 6.07) is 0. The minimum absolute atomic E-state index is 0.00466. The number of hydrogen-bond acceptors (Lipinski definition) is 3. The summed E-state index contributed by atoms with van der Waals surface area (Å²) in [7, 11) is 0. The summed E-state index contributed by atoms with van der Waals surface area (Å²) in [5, 5.41) is 10.2. The van der Waals surface area contributed by atoms with Gasteiger partial charge in [0, 0.05) is 5.57 Å². The van der Waals surface area contributed by atoms with Crippen LogP contribution >= 0.6 is 11.8 Å². The highest BCUT2D eigenvalue weighted by Gasteiger charge is 2.43. The highest BCUT2D eigenvalue weighted by Crippen LogP contribution is 2.47. The highest BCUT2D eigenvalue weighted by atomic mass is 32.2. The first kappa shape index (κ1) is 13.1. The molecular formula is C13H18O2S. The van der Waals surface area contributed by atoms with Crippen LogP contribution in [0.25, 0.3) is 0 Å². The first-order valence-electron chi connectivity index (χ1n) is 5.48. The van der Waals surface area contributed by atoms with Crippen LogP contribution in [0.5, 0.6) is 0 Å². The first-order chi connectivity index (χ1) is 7.50. The molecule has 1 N–H and O–H groups in total. The second-order valence-corrected chi connectivity index (χ2v) is 5.21. The van der Waals surface area contributed by atoms with E-state index in [1.807, 2.05) is 26.8 Å². The molecule has 0 unspecified atom stereocenters. The van der Waals surface area contributed by atoms with Crippen molar-refractivity contribution in [3.8, 4) is 0 Å². The number of carbonyl (C=O) groups excluding carboxylic acids is 1. The van der Waals surface area contributed by atoms with Crippen molar-refractivity contribution in [1.29, 1.82) is 0 Å². The van der Waals surface area contributed by atoms with Gasteiger partial charge in [0.15, 0.2) is 0 Å². The van der Waals surface area contributed by atoms with Crippen LogP contribution in [0.3, 0.4) is 0 Å². The average Bonchev–Trinajstić information content (AvgIpc) is 2.50. The lowest BCUT2D eigenvalue weighted by Crippen LogP contribution is -2.21. The van der Waals surface area contributed by atoms with Crippen molar-refractivity contribution < 1.29 is 9.90 Å². The zero-order valence-electron chi connectivity index (χ0n) is 10.0. The van der Waals surface area contributed by atoms with Crippen LogP contribution in [-0.2, 0) is 4.79 Å². The third kappa shape index (κ3) is 2.09. The molecule has 1 aliphatic rings. The second kappa shape index (κ2) is 4.91. The topological polar surface area (TPSA) is 37.3 Å². The molecule has 0 aromatic carbocycles. The van der Waals surface area contributed by atoms with Crippen LogP contribution in [0.2, 0.25) is 0 Å². The molecule has 0 bridgehead atoms. The van der Waals surface area contributed by atoms with E-state index in [4.69, 9.17) is 0 Å². The van der Waals surface area contributed by atoms with Gasteiger partial charge >= 0.3 is 0 Å². The second-order valence-electron chi connectivity index (χ2n) is 3.91. The van der Waals surface area contributed by atoms with Gasteiger partial charge < -0.3 is 5.11 Å². The zero-order chi connectivity index (χ0) is 12.3. The SMILES string of the molecule is C=C/C(C)=C\[C@@]1(CC)SC(=O)C(CC)=C1O. The minimum atomic E-state index is -0.569. The largest absolute Gasteiger partial charge is 0.510 e. The molecule has 16 heavy (non-hydrogen) atoms. The summed E-state index contributed by atoms with van der Waals surface area (Å²) >= 11 is 1.21. The molecular weight excluding hydrogens is 220 g/mol. The molecule has 1 rings (SSSR count). The minimum Gasteiger partial charge on any atom is -0.510 e. The summed E-state index contributed by atoms with van der Waals surface area (Å²) < 4.78 is -0.569. The fraction of sp³-hybridized carbons (Fsp3) is 0.462. The number of hydrogen-bond donors (Lipinski definition) is 1. The molecule has 0 saturated carbocycles. The van der Waals surface area contributed by atoms with Crippen molar-refractivity contribution in [2.75, 3.05) is 0 Å². The Bertz CT molecular complexity index is 379. The fourth-order valence-corrected chi connectivity index (χ4v) is 3.11. The van der Waals surface area contributed by atoms with Gasteiger partial charge in [0.2, 0.25) is 5.12 Å². The molecule has 1 aliphatic heterocycles. The highest BCUT2D eigenvalue weighted by molar-refractivity contribution is 8.16. The number of aliphatic hydroxyl groups excluding tert-OH is 1. The Labute approximate surface area is 101 Å². The van der Waals surface area contributed by atoms with E-state index in [-0.39, 0.29) is 10.9 Å². The van der Waals surface area contributed by atoms with Crippen LogP contribution in [0, 0.1) is 0 Å². The maximum Gasteiger partial charge on any atom is 0.220 e. The molecule has 0 aromatic rings. The van der Waals surface area contributed by atoms with Gasteiger partial charge in [-0.15, -0.1) is 0 Å². The van der Waals surface area contributed by atoms with E-state index < -0.39 is 4.75 Å². The molecule has 1 heterocycles. The van der Waals surface area contributed by atoms with Gasteiger partial charge in [-0.25, -0.2) is 0 Å². The maximum atomic E-state index is 11.8. The van der Waals surface area contributed by atoms with Gasteiger partial charge in [0.05, 0.1) is 4.75 Å². The van der Waals surface area contributed by atoms with Gasteiger partial charge in [-0.2, -0.15) is 0 Å².